The van der Waals surface area contributed by atoms with Crippen LogP contribution in [0.2, 0.25) is 0 Å². The molecule has 0 aliphatic carbocycles. The van der Waals surface area contributed by atoms with Crippen LogP contribution in [0.4, 0.5) is 5.69 Å². The van der Waals surface area contributed by atoms with Crippen molar-refractivity contribution in [3.8, 4) is 0 Å². The maximum absolute atomic E-state index is 11.4. The number of hydrogen-bond donors (Lipinski definition) is 1. The van der Waals surface area contributed by atoms with E-state index in [-0.39, 0.29) is 0 Å². The van der Waals surface area contributed by atoms with E-state index >= 15 is 0 Å². The Morgan fingerprint density at radius 3 is 2.45 bits per heavy atom. The number of unbranched alkanes of at least 4 members (excludes halogenated alkanes) is 2. The second-order valence-corrected chi connectivity index (χ2v) is 5.57. The maximum atomic E-state index is 11.4. The number of anilines is 1. The molecule has 1 rings (SSSR count). The van der Waals surface area contributed by atoms with Gasteiger partial charge >= 0.3 is 5.97 Å². The van der Waals surface area contributed by atoms with E-state index in [2.05, 4.69) is 13.8 Å². The first-order valence-corrected chi connectivity index (χ1v) is 7.55. The fourth-order valence-electron chi connectivity index (χ4n) is 2.58. The molecule has 0 amide bonds. The average molecular weight is 277 g/mol. The fraction of sp³-hybridized carbons (Fsp3) is 0.588. The highest BCUT2D eigenvalue weighted by Crippen LogP contribution is 2.31. The summed E-state index contributed by atoms with van der Waals surface area (Å²) in [5.74, 6) is -0.480. The maximum Gasteiger partial charge on any atom is 0.335 e. The van der Waals surface area contributed by atoms with Crippen molar-refractivity contribution in [2.45, 2.75) is 51.9 Å². The third-order valence-corrected chi connectivity index (χ3v) is 3.87. The van der Waals surface area contributed by atoms with Crippen LogP contribution in [0.5, 0.6) is 0 Å². The Labute approximate surface area is 122 Å². The number of nitrogens with zero attached hydrogens (tertiary/aromatic N) is 1. The Balaban J connectivity index is 3.08. The molecule has 0 spiro atoms. The zero-order chi connectivity index (χ0) is 15.1. The number of hydrogen-bond acceptors (Lipinski definition) is 2. The second-order valence-electron chi connectivity index (χ2n) is 5.57. The molecule has 0 bridgehead atoms. The van der Waals surface area contributed by atoms with Gasteiger partial charge in [0.1, 0.15) is 0 Å². The summed E-state index contributed by atoms with van der Waals surface area (Å²) in [5.41, 5.74) is 2.51. The Bertz CT molecular complexity index is 441. The van der Waals surface area contributed by atoms with Crippen LogP contribution < -0.4 is 4.90 Å². The predicted molar refractivity (Wildman–Crippen MR) is 84.9 cm³/mol. The summed E-state index contributed by atoms with van der Waals surface area (Å²) in [5, 5.41) is 9.40. The molecule has 0 aromatic heterocycles. The highest BCUT2D eigenvalue weighted by molar-refractivity contribution is 5.90. The number of benzene rings is 1. The zero-order valence-electron chi connectivity index (χ0n) is 13.1. The number of carboxylic acid groups (broad SMARTS) is 1. The Kier molecular flexibility index (Phi) is 6.56. The summed E-state index contributed by atoms with van der Waals surface area (Å²) in [7, 11) is 3.97. The van der Waals surface area contributed by atoms with Crippen molar-refractivity contribution < 1.29 is 9.90 Å². The summed E-state index contributed by atoms with van der Waals surface area (Å²) in [6.07, 6.45) is 5.63. The molecule has 1 aromatic carbocycles. The van der Waals surface area contributed by atoms with E-state index < -0.39 is 5.97 Å². The molecule has 0 saturated carbocycles. The number of aromatic carboxylic acids is 1. The van der Waals surface area contributed by atoms with Crippen molar-refractivity contribution >= 4 is 11.7 Å². The molecule has 1 N–H and O–H groups in total. The number of rotatable bonds is 8. The van der Waals surface area contributed by atoms with Crippen LogP contribution in [-0.4, -0.2) is 25.2 Å². The summed E-state index contributed by atoms with van der Waals surface area (Å²) in [6, 6.07) is 5.67. The lowest BCUT2D eigenvalue weighted by Gasteiger charge is -2.21. The second kappa shape index (κ2) is 7.93. The first-order chi connectivity index (χ1) is 9.51. The van der Waals surface area contributed by atoms with Crippen LogP contribution in [0.3, 0.4) is 0 Å². The third kappa shape index (κ3) is 4.26. The van der Waals surface area contributed by atoms with E-state index in [1.807, 2.05) is 31.1 Å². The van der Waals surface area contributed by atoms with E-state index in [1.165, 1.54) is 19.3 Å². The molecule has 20 heavy (non-hydrogen) atoms. The van der Waals surface area contributed by atoms with Gasteiger partial charge in [-0.3, -0.25) is 0 Å². The van der Waals surface area contributed by atoms with Gasteiger partial charge in [-0.2, -0.15) is 0 Å². The molecule has 0 aliphatic heterocycles. The molecular formula is C17H27NO2. The summed E-state index contributed by atoms with van der Waals surface area (Å²) in [6.45, 7) is 4.33. The smallest absolute Gasteiger partial charge is 0.335 e. The van der Waals surface area contributed by atoms with Crippen LogP contribution in [0.1, 0.15) is 67.8 Å². The average Bonchev–Trinajstić information content (AvgIpc) is 2.43. The Morgan fingerprint density at radius 2 is 1.95 bits per heavy atom. The summed E-state index contributed by atoms with van der Waals surface area (Å²) >= 11 is 0. The van der Waals surface area contributed by atoms with Crippen LogP contribution in [0.25, 0.3) is 0 Å². The van der Waals surface area contributed by atoms with E-state index in [0.717, 1.165) is 24.1 Å². The summed E-state index contributed by atoms with van der Waals surface area (Å²) in [4.78, 5) is 13.5. The monoisotopic (exact) mass is 277 g/mol. The van der Waals surface area contributed by atoms with E-state index in [0.29, 0.717) is 11.5 Å². The quantitative estimate of drug-likeness (QED) is 0.710. The Morgan fingerprint density at radius 1 is 1.25 bits per heavy atom. The van der Waals surface area contributed by atoms with Gasteiger partial charge in [0.25, 0.3) is 0 Å². The van der Waals surface area contributed by atoms with Gasteiger partial charge in [0.2, 0.25) is 0 Å². The lowest BCUT2D eigenvalue weighted by Crippen LogP contribution is -2.12. The van der Waals surface area contributed by atoms with Crippen LogP contribution in [-0.2, 0) is 0 Å². The zero-order valence-corrected chi connectivity index (χ0v) is 13.1. The molecule has 0 saturated heterocycles. The van der Waals surface area contributed by atoms with E-state index in [4.69, 9.17) is 0 Å². The van der Waals surface area contributed by atoms with Crippen molar-refractivity contribution in [1.29, 1.82) is 0 Å². The fourth-order valence-corrected chi connectivity index (χ4v) is 2.58. The molecule has 1 atom stereocenters. The third-order valence-electron chi connectivity index (χ3n) is 3.87. The van der Waals surface area contributed by atoms with Gasteiger partial charge in [0.05, 0.1) is 5.56 Å². The highest BCUT2D eigenvalue weighted by Gasteiger charge is 2.18. The van der Waals surface area contributed by atoms with Crippen molar-refractivity contribution in [3.63, 3.8) is 0 Å². The van der Waals surface area contributed by atoms with Gasteiger partial charge in [-0.15, -0.1) is 0 Å². The van der Waals surface area contributed by atoms with Crippen LogP contribution >= 0.6 is 0 Å². The number of carbonyl (C=O) groups is 1. The normalized spacial score (nSPS) is 12.2. The largest absolute Gasteiger partial charge is 0.478 e. The van der Waals surface area contributed by atoms with Gasteiger partial charge in [0.15, 0.2) is 0 Å². The molecule has 0 aliphatic rings. The van der Waals surface area contributed by atoms with Gasteiger partial charge in [0, 0.05) is 19.8 Å². The van der Waals surface area contributed by atoms with Crippen LogP contribution in [0, 0.1) is 0 Å². The van der Waals surface area contributed by atoms with Crippen molar-refractivity contribution in [2.24, 2.45) is 0 Å². The Hall–Kier alpha value is -1.51. The first-order valence-electron chi connectivity index (χ1n) is 7.55. The lowest BCUT2D eigenvalue weighted by molar-refractivity contribution is 0.0695. The minimum atomic E-state index is -0.820. The minimum Gasteiger partial charge on any atom is -0.478 e. The lowest BCUT2D eigenvalue weighted by atomic mass is 9.87. The molecule has 0 heterocycles. The van der Waals surface area contributed by atoms with Gasteiger partial charge in [-0.25, -0.2) is 4.79 Å². The standard InChI is InChI=1S/C17H27NO2/c1-5-7-8-9-13(6-2)16-12-14(18(3)4)10-11-15(16)17(19)20/h10-13H,5-9H2,1-4H3,(H,19,20). The molecular weight excluding hydrogens is 250 g/mol. The van der Waals surface area contributed by atoms with Gasteiger partial charge < -0.3 is 10.0 Å². The molecule has 0 radical (unpaired) electrons. The molecule has 112 valence electrons. The molecule has 1 aromatic rings. The van der Waals surface area contributed by atoms with Crippen molar-refractivity contribution in [3.05, 3.63) is 29.3 Å². The molecule has 3 heteroatoms. The van der Waals surface area contributed by atoms with Crippen molar-refractivity contribution in [1.82, 2.24) is 0 Å². The highest BCUT2D eigenvalue weighted by atomic mass is 16.4. The predicted octanol–water partition coefficient (Wildman–Crippen LogP) is 4.52. The van der Waals surface area contributed by atoms with Gasteiger partial charge in [-0.05, 0) is 42.5 Å². The molecule has 3 nitrogen and oxygen atoms in total. The first kappa shape index (κ1) is 16.5. The SMILES string of the molecule is CCCCCC(CC)c1cc(N(C)C)ccc1C(=O)O. The topological polar surface area (TPSA) is 40.5 Å². The minimum absolute atomic E-state index is 0.340. The van der Waals surface area contributed by atoms with E-state index in [9.17, 15) is 9.90 Å². The van der Waals surface area contributed by atoms with Gasteiger partial charge in [-0.1, -0.05) is 33.1 Å². The van der Waals surface area contributed by atoms with E-state index in [1.54, 1.807) is 6.07 Å². The molecule has 1 unspecified atom stereocenters. The number of carboxylic acids is 1. The van der Waals surface area contributed by atoms with Crippen molar-refractivity contribution in [2.75, 3.05) is 19.0 Å². The molecule has 0 fully saturated rings. The van der Waals surface area contributed by atoms with Crippen LogP contribution in [0.15, 0.2) is 18.2 Å². The summed E-state index contributed by atoms with van der Waals surface area (Å²) < 4.78 is 0.